The Bertz CT molecular complexity index is 481. The molecule has 0 spiro atoms. The van der Waals surface area contributed by atoms with Crippen LogP contribution in [0.15, 0.2) is 0 Å². The molecule has 0 fully saturated rings. The van der Waals surface area contributed by atoms with Gasteiger partial charge in [-0.1, -0.05) is 0 Å². The first-order valence-electron chi connectivity index (χ1n) is 6.66. The predicted octanol–water partition coefficient (Wildman–Crippen LogP) is 3.23. The molecule has 0 aliphatic heterocycles. The molecule has 152 valence electrons. The van der Waals surface area contributed by atoms with E-state index < -0.39 is 31.3 Å². The van der Waals surface area contributed by atoms with Crippen LogP contribution in [0.4, 0.5) is 26.3 Å². The van der Waals surface area contributed by atoms with Gasteiger partial charge in [-0.2, -0.15) is 26.3 Å². The molecular formula is C10H18F6O6S2Sn. The minimum absolute atomic E-state index is 0.149. The zero-order valence-corrected chi connectivity index (χ0v) is 17.8. The third-order valence-corrected chi connectivity index (χ3v) is 7.15. The Hall–Kier alpha value is 0.199. The molecule has 0 aliphatic carbocycles. The number of hydrogen-bond acceptors (Lipinski definition) is 6. The van der Waals surface area contributed by atoms with Crippen LogP contribution in [0.25, 0.3) is 0 Å². The van der Waals surface area contributed by atoms with Crippen LogP contribution in [-0.2, 0) is 20.2 Å². The molecule has 15 heteroatoms. The third-order valence-electron chi connectivity index (χ3n) is 1.98. The van der Waals surface area contributed by atoms with Gasteiger partial charge in [-0.15, -0.1) is 0 Å². The first-order chi connectivity index (χ1) is 10.9. The Morgan fingerprint density at radius 1 is 0.720 bits per heavy atom. The average molecular weight is 531 g/mol. The summed E-state index contributed by atoms with van der Waals surface area (Å²) in [6.45, 7) is 4.58. The topological polar surface area (TPSA) is 114 Å². The van der Waals surface area contributed by atoms with E-state index in [4.69, 9.17) is 25.9 Å². The number of alkyl halides is 6. The Morgan fingerprint density at radius 2 is 0.920 bits per heavy atom. The molecule has 0 saturated heterocycles. The standard InChI is InChI=1S/2C4H9.2CHF3O3S.Sn/c2*1-3-4-2;2*2-1(3,4)8(5,6)7;/h2*1,3-4H2,2H3;2*(H,5,6,7);/q;;;;+2/p-2. The molecule has 0 atom stereocenters. The summed E-state index contributed by atoms with van der Waals surface area (Å²) in [4.78, 5) is 0. The van der Waals surface area contributed by atoms with E-state index in [0.717, 1.165) is 0 Å². The van der Waals surface area contributed by atoms with Crippen LogP contribution in [0, 0.1) is 0 Å². The van der Waals surface area contributed by atoms with Gasteiger partial charge < -0.3 is 9.11 Å². The fourth-order valence-electron chi connectivity index (χ4n) is 0.729. The summed E-state index contributed by atoms with van der Waals surface area (Å²) < 4.78 is 121. The van der Waals surface area contributed by atoms with Crippen molar-refractivity contribution >= 4 is 41.4 Å². The maximum absolute atomic E-state index is 10.7. The van der Waals surface area contributed by atoms with Crippen molar-refractivity contribution in [2.45, 2.75) is 59.4 Å². The van der Waals surface area contributed by atoms with Crippen LogP contribution in [0.1, 0.15) is 39.5 Å². The van der Waals surface area contributed by atoms with Crippen LogP contribution in [-0.4, -0.2) is 58.1 Å². The summed E-state index contributed by atoms with van der Waals surface area (Å²) in [5.41, 5.74) is -11.3. The fourth-order valence-corrected chi connectivity index (χ4v) is 4.89. The summed E-state index contributed by atoms with van der Waals surface area (Å²) in [6, 6.07) is 0. The Labute approximate surface area is 153 Å². The molecule has 0 aromatic heterocycles. The van der Waals surface area contributed by atoms with E-state index in [0.29, 0.717) is 0 Å². The molecule has 0 unspecified atom stereocenters. The first-order valence-corrected chi connectivity index (χ1v) is 13.5. The molecule has 0 rings (SSSR count). The molecule has 0 radical (unpaired) electrons. The van der Waals surface area contributed by atoms with Crippen molar-refractivity contribution in [3.63, 3.8) is 0 Å². The molecular weight excluding hydrogens is 513 g/mol. The second kappa shape index (κ2) is 13.4. The van der Waals surface area contributed by atoms with Crippen LogP contribution in [0.2, 0.25) is 8.87 Å². The Kier molecular flexibility index (Phi) is 16.0. The van der Waals surface area contributed by atoms with E-state index in [1.807, 2.05) is 0 Å². The average Bonchev–Trinajstić information content (AvgIpc) is 2.35. The molecule has 6 nitrogen and oxygen atoms in total. The van der Waals surface area contributed by atoms with E-state index in [2.05, 4.69) is 13.8 Å². The summed E-state index contributed by atoms with van der Waals surface area (Å²) in [7, 11) is -12.2. The van der Waals surface area contributed by atoms with Crippen molar-refractivity contribution in [3.05, 3.63) is 0 Å². The van der Waals surface area contributed by atoms with Crippen molar-refractivity contribution in [2.75, 3.05) is 0 Å². The number of unbranched alkanes of at least 4 members (excludes halogenated alkanes) is 2. The summed E-state index contributed by atoms with van der Waals surface area (Å²) in [6.07, 6.45) is 5.84. The van der Waals surface area contributed by atoms with Crippen molar-refractivity contribution in [1.29, 1.82) is 0 Å². The van der Waals surface area contributed by atoms with Gasteiger partial charge in [-0.25, -0.2) is 16.8 Å². The molecule has 0 amide bonds. The number of halogens is 6. The fraction of sp³-hybridized carbons (Fsp3) is 1.00. The minimum atomic E-state index is -6.09. The van der Waals surface area contributed by atoms with Crippen LogP contribution < -0.4 is 0 Å². The Morgan fingerprint density at radius 3 is 1.04 bits per heavy atom. The van der Waals surface area contributed by atoms with Crippen molar-refractivity contribution < 1.29 is 52.3 Å². The van der Waals surface area contributed by atoms with E-state index in [1.54, 1.807) is 8.87 Å². The molecule has 0 N–H and O–H groups in total. The molecule has 0 aromatic carbocycles. The second-order valence-corrected chi connectivity index (χ2v) is 11.3. The zero-order chi connectivity index (χ0) is 20.9. The van der Waals surface area contributed by atoms with Gasteiger partial charge in [-0.05, 0) is 0 Å². The van der Waals surface area contributed by atoms with E-state index in [9.17, 15) is 26.3 Å². The van der Waals surface area contributed by atoms with E-state index in [1.165, 1.54) is 25.7 Å². The van der Waals surface area contributed by atoms with Gasteiger partial charge in [0.2, 0.25) is 0 Å². The van der Waals surface area contributed by atoms with Crippen molar-refractivity contribution in [3.8, 4) is 0 Å². The molecule has 25 heavy (non-hydrogen) atoms. The van der Waals surface area contributed by atoms with Gasteiger partial charge in [0.1, 0.15) is 0 Å². The maximum Gasteiger partial charge on any atom is 0.485 e. The van der Waals surface area contributed by atoms with Crippen LogP contribution >= 0.6 is 0 Å². The molecule has 0 aliphatic rings. The zero-order valence-electron chi connectivity index (χ0n) is 13.3. The third kappa shape index (κ3) is 20.4. The Balaban J connectivity index is -0.000000291. The van der Waals surface area contributed by atoms with Crippen molar-refractivity contribution in [2.24, 2.45) is 0 Å². The van der Waals surface area contributed by atoms with Gasteiger partial charge in [0.05, 0.1) is 0 Å². The second-order valence-electron chi connectivity index (χ2n) is 4.26. The van der Waals surface area contributed by atoms with Crippen molar-refractivity contribution in [1.82, 2.24) is 0 Å². The van der Waals surface area contributed by atoms with E-state index in [-0.39, 0.29) is 21.1 Å². The van der Waals surface area contributed by atoms with Crippen LogP contribution in [0.5, 0.6) is 0 Å². The number of hydrogen-bond donors (Lipinski definition) is 0. The SMILES string of the molecule is CCC[CH2][Sn+2][CH2]CCC.O=S(=O)([O-])C(F)(F)F.O=S(=O)([O-])C(F)(F)F. The minimum Gasteiger partial charge on any atom is -0.741 e. The van der Waals surface area contributed by atoms with Gasteiger partial charge >= 0.3 is 80.6 Å². The predicted molar refractivity (Wildman–Crippen MR) is 76.7 cm³/mol. The van der Waals surface area contributed by atoms with Crippen LogP contribution in [0.3, 0.4) is 0 Å². The van der Waals surface area contributed by atoms with Gasteiger partial charge in [0.15, 0.2) is 20.2 Å². The molecule has 0 heterocycles. The summed E-state index contributed by atoms with van der Waals surface area (Å²) in [5, 5.41) is 0. The van der Waals surface area contributed by atoms with E-state index >= 15 is 0 Å². The molecule has 0 bridgehead atoms. The van der Waals surface area contributed by atoms with Gasteiger partial charge in [0.25, 0.3) is 0 Å². The largest absolute Gasteiger partial charge is 0.741 e. The maximum atomic E-state index is 10.7. The van der Waals surface area contributed by atoms with Gasteiger partial charge in [0, 0.05) is 0 Å². The molecule has 0 saturated carbocycles. The van der Waals surface area contributed by atoms with Gasteiger partial charge in [-0.3, -0.25) is 0 Å². The molecule has 0 aromatic rings. The summed E-state index contributed by atoms with van der Waals surface area (Å²) >= 11 is 0.149. The normalized spacial score (nSPS) is 12.2. The number of rotatable bonds is 6. The smallest absolute Gasteiger partial charge is 0.485 e. The summed E-state index contributed by atoms with van der Waals surface area (Å²) in [5.74, 6) is 0. The first kappa shape index (κ1) is 29.9. The monoisotopic (exact) mass is 532 g/mol. The quantitative estimate of drug-likeness (QED) is 0.171.